The van der Waals surface area contributed by atoms with E-state index in [4.69, 9.17) is 4.43 Å². The van der Waals surface area contributed by atoms with Crippen LogP contribution in [-0.2, 0) is 9.22 Å². The molecule has 2 aliphatic rings. The maximum atomic E-state index is 13.6. The fourth-order valence-electron chi connectivity index (χ4n) is 4.08. The molecule has 3 rings (SSSR count). The number of nitrogens with zero attached hydrogens (tertiary/aromatic N) is 1. The van der Waals surface area contributed by atoms with Crippen molar-refractivity contribution in [3.8, 4) is 0 Å². The zero-order valence-electron chi connectivity index (χ0n) is 17.1. The molecular formula is C21H31F2NO2Si. The minimum absolute atomic E-state index is 0.0123. The van der Waals surface area contributed by atoms with Crippen molar-refractivity contribution in [3.63, 3.8) is 0 Å². The van der Waals surface area contributed by atoms with Crippen molar-refractivity contribution in [2.75, 3.05) is 11.4 Å². The summed E-state index contributed by atoms with van der Waals surface area (Å²) >= 11 is 0. The van der Waals surface area contributed by atoms with Gasteiger partial charge in [-0.25, -0.2) is 8.78 Å². The van der Waals surface area contributed by atoms with Crippen LogP contribution in [0.1, 0.15) is 52.9 Å². The molecule has 0 unspecified atom stereocenters. The van der Waals surface area contributed by atoms with Gasteiger partial charge in [-0.15, -0.1) is 0 Å². The number of carbonyl (C=O) groups excluding carboxylic acids is 1. The molecule has 2 fully saturated rings. The van der Waals surface area contributed by atoms with Gasteiger partial charge < -0.3 is 9.33 Å². The molecule has 1 saturated heterocycles. The topological polar surface area (TPSA) is 29.5 Å². The molecule has 0 atom stereocenters. The zero-order chi connectivity index (χ0) is 20.0. The highest BCUT2D eigenvalue weighted by atomic mass is 28.4. The van der Waals surface area contributed by atoms with Crippen molar-refractivity contribution in [2.45, 2.75) is 77.1 Å². The molecule has 0 radical (unpaired) electrons. The fourth-order valence-corrected chi connectivity index (χ4v) is 5.50. The second-order valence-electron chi connectivity index (χ2n) is 9.69. The van der Waals surface area contributed by atoms with Crippen LogP contribution in [0, 0.1) is 17.0 Å². The Morgan fingerprint density at radius 2 is 1.63 bits per heavy atom. The highest BCUT2D eigenvalue weighted by molar-refractivity contribution is 6.74. The Balaban J connectivity index is 1.67. The van der Waals surface area contributed by atoms with Crippen molar-refractivity contribution in [2.24, 2.45) is 5.41 Å². The third-order valence-electron chi connectivity index (χ3n) is 6.83. The van der Waals surface area contributed by atoms with Gasteiger partial charge in [-0.3, -0.25) is 4.79 Å². The van der Waals surface area contributed by atoms with Gasteiger partial charge in [0.05, 0.1) is 5.41 Å². The van der Waals surface area contributed by atoms with E-state index in [1.165, 1.54) is 12.1 Å². The number of amides is 1. The number of halogens is 2. The SMILES string of the molecule is CC(C)(C)[Si](C)(C)OC1CCC2(CC1)CCN(c1cc(F)cc(F)c1)C2=O. The summed E-state index contributed by atoms with van der Waals surface area (Å²) in [4.78, 5) is 14.7. The van der Waals surface area contributed by atoms with Crippen LogP contribution in [0.15, 0.2) is 18.2 Å². The Hall–Kier alpha value is -1.27. The number of anilines is 1. The summed E-state index contributed by atoms with van der Waals surface area (Å²) < 4.78 is 33.7. The minimum Gasteiger partial charge on any atom is -0.414 e. The lowest BCUT2D eigenvalue weighted by Crippen LogP contribution is -2.46. The number of hydrogen-bond donors (Lipinski definition) is 0. The molecule has 1 aliphatic heterocycles. The minimum atomic E-state index is -1.82. The maximum absolute atomic E-state index is 13.6. The van der Waals surface area contributed by atoms with Crippen LogP contribution >= 0.6 is 0 Å². The van der Waals surface area contributed by atoms with Crippen LogP contribution < -0.4 is 4.90 Å². The first-order valence-electron chi connectivity index (χ1n) is 9.89. The van der Waals surface area contributed by atoms with E-state index in [0.29, 0.717) is 12.2 Å². The molecule has 1 spiro atoms. The number of carbonyl (C=O) groups is 1. The Morgan fingerprint density at radius 3 is 2.15 bits per heavy atom. The van der Waals surface area contributed by atoms with Crippen LogP contribution in [0.2, 0.25) is 18.1 Å². The predicted octanol–water partition coefficient (Wildman–Crippen LogP) is 5.65. The molecular weight excluding hydrogens is 364 g/mol. The third kappa shape index (κ3) is 3.97. The fraction of sp³-hybridized carbons (Fsp3) is 0.667. The van der Waals surface area contributed by atoms with E-state index in [2.05, 4.69) is 33.9 Å². The molecule has 0 aromatic heterocycles. The molecule has 150 valence electrons. The molecule has 1 aromatic rings. The van der Waals surface area contributed by atoms with Gasteiger partial charge >= 0.3 is 0 Å². The second-order valence-corrected chi connectivity index (χ2v) is 14.4. The number of benzene rings is 1. The summed E-state index contributed by atoms with van der Waals surface area (Å²) in [7, 11) is -1.82. The standard InChI is InChI=1S/C21H31F2NO2Si/c1-20(2,3)27(4,5)26-18-6-8-21(9-7-18)10-11-24(19(21)25)17-13-15(22)12-16(23)14-17/h12-14,18H,6-11H2,1-5H3. The average molecular weight is 396 g/mol. The van der Waals surface area contributed by atoms with E-state index >= 15 is 0 Å². The van der Waals surface area contributed by atoms with Crippen molar-refractivity contribution >= 4 is 19.9 Å². The van der Waals surface area contributed by atoms with E-state index in [9.17, 15) is 13.6 Å². The number of rotatable bonds is 3. The quantitative estimate of drug-likeness (QED) is 0.619. The Morgan fingerprint density at radius 1 is 1.07 bits per heavy atom. The van der Waals surface area contributed by atoms with Gasteiger partial charge in [0.1, 0.15) is 11.6 Å². The first kappa shape index (κ1) is 20.5. The molecule has 1 aliphatic carbocycles. The molecule has 1 saturated carbocycles. The normalized spacial score (nSPS) is 26.9. The van der Waals surface area contributed by atoms with Crippen molar-refractivity contribution < 1.29 is 18.0 Å². The van der Waals surface area contributed by atoms with Crippen LogP contribution in [-0.4, -0.2) is 26.9 Å². The third-order valence-corrected chi connectivity index (χ3v) is 11.4. The lowest BCUT2D eigenvalue weighted by molar-refractivity contribution is -0.128. The highest BCUT2D eigenvalue weighted by Crippen LogP contribution is 2.48. The van der Waals surface area contributed by atoms with E-state index < -0.39 is 25.4 Å². The summed E-state index contributed by atoms with van der Waals surface area (Å²) in [6.07, 6.45) is 4.30. The lowest BCUT2D eigenvalue weighted by atomic mass is 9.72. The van der Waals surface area contributed by atoms with Crippen molar-refractivity contribution in [1.29, 1.82) is 0 Å². The van der Waals surface area contributed by atoms with Gasteiger partial charge in [0.2, 0.25) is 5.91 Å². The van der Waals surface area contributed by atoms with Gasteiger partial charge in [-0.05, 0) is 62.4 Å². The predicted molar refractivity (Wildman–Crippen MR) is 106 cm³/mol. The summed E-state index contributed by atoms with van der Waals surface area (Å²) in [5, 5.41) is 0.170. The lowest BCUT2D eigenvalue weighted by Gasteiger charge is -2.43. The van der Waals surface area contributed by atoms with Crippen molar-refractivity contribution in [3.05, 3.63) is 29.8 Å². The van der Waals surface area contributed by atoms with Gasteiger partial charge in [0.15, 0.2) is 8.32 Å². The Bertz CT molecular complexity index is 701. The van der Waals surface area contributed by atoms with E-state index in [-0.39, 0.29) is 17.0 Å². The summed E-state index contributed by atoms with van der Waals surface area (Å²) in [6.45, 7) is 11.8. The molecule has 0 bridgehead atoms. The first-order chi connectivity index (χ1) is 12.4. The maximum Gasteiger partial charge on any atom is 0.233 e. The largest absolute Gasteiger partial charge is 0.414 e. The van der Waals surface area contributed by atoms with Crippen LogP contribution in [0.25, 0.3) is 0 Å². The van der Waals surface area contributed by atoms with E-state index in [1.807, 2.05) is 0 Å². The molecule has 3 nitrogen and oxygen atoms in total. The van der Waals surface area contributed by atoms with E-state index in [1.54, 1.807) is 4.90 Å². The van der Waals surface area contributed by atoms with Crippen LogP contribution in [0.3, 0.4) is 0 Å². The smallest absolute Gasteiger partial charge is 0.233 e. The Kier molecular flexibility index (Phi) is 5.27. The molecule has 27 heavy (non-hydrogen) atoms. The average Bonchev–Trinajstić information content (AvgIpc) is 2.84. The van der Waals surface area contributed by atoms with Crippen LogP contribution in [0.5, 0.6) is 0 Å². The van der Waals surface area contributed by atoms with Gasteiger partial charge in [-0.2, -0.15) is 0 Å². The molecule has 6 heteroatoms. The Labute approximate surface area is 162 Å². The molecule has 1 aromatic carbocycles. The summed E-state index contributed by atoms with van der Waals surface area (Å²) in [5.41, 5.74) is -0.0650. The summed E-state index contributed by atoms with van der Waals surface area (Å²) in [5.74, 6) is -1.28. The second kappa shape index (κ2) is 6.96. The zero-order valence-corrected chi connectivity index (χ0v) is 18.1. The highest BCUT2D eigenvalue weighted by Gasteiger charge is 2.50. The first-order valence-corrected chi connectivity index (χ1v) is 12.8. The van der Waals surface area contributed by atoms with E-state index in [0.717, 1.165) is 38.2 Å². The van der Waals surface area contributed by atoms with Gasteiger partial charge in [-0.1, -0.05) is 20.8 Å². The van der Waals surface area contributed by atoms with Crippen LogP contribution in [0.4, 0.5) is 14.5 Å². The molecule has 0 N–H and O–H groups in total. The summed E-state index contributed by atoms with van der Waals surface area (Å²) in [6, 6.07) is 3.32. The van der Waals surface area contributed by atoms with Gasteiger partial charge in [0, 0.05) is 24.4 Å². The van der Waals surface area contributed by atoms with Crippen molar-refractivity contribution in [1.82, 2.24) is 0 Å². The monoisotopic (exact) mass is 395 g/mol. The number of hydrogen-bond acceptors (Lipinski definition) is 2. The van der Waals surface area contributed by atoms with Gasteiger partial charge in [0.25, 0.3) is 0 Å². The molecule has 1 amide bonds. The molecule has 1 heterocycles.